The Morgan fingerprint density at radius 3 is 2.33 bits per heavy atom. The van der Waals surface area contributed by atoms with Crippen LogP contribution in [0.5, 0.6) is 0 Å². The number of halogens is 3. The molecule has 2 heterocycles. The Hall–Kier alpha value is -4.17. The van der Waals surface area contributed by atoms with E-state index in [1.165, 1.54) is 43.9 Å². The molecule has 4 aromatic rings. The number of nitrogens with one attached hydrogen (secondary N) is 1. The number of piperidine rings is 1. The Kier molecular flexibility index (Phi) is 9.21. The standard InChI is InChI=1S/C37H39F3N4O/c1-26-24-35(33-8-4-5-9-34(33)41-26)42-30-17-12-28(13-18-30)25-44(32-20-22-43(23-21-32)31-6-2-3-7-31)36(45)19-14-27-10-15-29(16-11-27)37(38,39)40/h4-5,8-19,24,31-32H,2-3,6-7,20-23,25H2,1H3,(H,41,42)/b19-14+. The van der Waals surface area contributed by atoms with Crippen LogP contribution in [-0.4, -0.2) is 45.9 Å². The first-order valence-electron chi connectivity index (χ1n) is 15.9. The lowest BCUT2D eigenvalue weighted by Crippen LogP contribution is -2.48. The molecule has 0 bridgehead atoms. The van der Waals surface area contributed by atoms with Crippen molar-refractivity contribution in [3.63, 3.8) is 0 Å². The number of carbonyl (C=O) groups excluding carboxylic acids is 1. The summed E-state index contributed by atoms with van der Waals surface area (Å²) in [7, 11) is 0. The lowest BCUT2D eigenvalue weighted by molar-refractivity contribution is -0.137. The van der Waals surface area contributed by atoms with Crippen LogP contribution < -0.4 is 5.32 Å². The molecule has 1 saturated carbocycles. The number of likely N-dealkylation sites (tertiary alicyclic amines) is 1. The molecule has 3 aromatic carbocycles. The molecular formula is C37H39F3N4O. The fourth-order valence-electron chi connectivity index (χ4n) is 6.72. The summed E-state index contributed by atoms with van der Waals surface area (Å²) in [6.45, 7) is 4.40. The van der Waals surface area contributed by atoms with Gasteiger partial charge in [-0.3, -0.25) is 9.78 Å². The number of amides is 1. The van der Waals surface area contributed by atoms with Crippen molar-refractivity contribution >= 4 is 34.3 Å². The molecule has 5 nitrogen and oxygen atoms in total. The van der Waals surface area contributed by atoms with E-state index >= 15 is 0 Å². The SMILES string of the molecule is Cc1cc(Nc2ccc(CN(C(=O)/C=C/c3ccc(C(F)(F)F)cc3)C3CCN(C4CCCC4)CC3)cc2)c2ccccc2n1. The van der Waals surface area contributed by atoms with Crippen LogP contribution >= 0.6 is 0 Å². The van der Waals surface area contributed by atoms with Crippen molar-refractivity contribution in [2.75, 3.05) is 18.4 Å². The number of hydrogen-bond acceptors (Lipinski definition) is 4. The summed E-state index contributed by atoms with van der Waals surface area (Å²) in [5.74, 6) is -0.129. The molecule has 1 amide bonds. The van der Waals surface area contributed by atoms with E-state index in [-0.39, 0.29) is 11.9 Å². The quantitative estimate of drug-likeness (QED) is 0.202. The van der Waals surface area contributed by atoms with Gasteiger partial charge in [-0.2, -0.15) is 13.2 Å². The van der Waals surface area contributed by atoms with Gasteiger partial charge in [0.1, 0.15) is 0 Å². The molecule has 0 radical (unpaired) electrons. The number of aromatic nitrogens is 1. The van der Waals surface area contributed by atoms with Crippen LogP contribution in [0.1, 0.15) is 60.9 Å². The monoisotopic (exact) mass is 612 g/mol. The second kappa shape index (κ2) is 13.4. The number of anilines is 2. The molecule has 45 heavy (non-hydrogen) atoms. The Morgan fingerprint density at radius 2 is 1.64 bits per heavy atom. The maximum Gasteiger partial charge on any atom is 0.416 e. The Labute approximate surface area is 262 Å². The minimum absolute atomic E-state index is 0.0939. The third-order valence-electron chi connectivity index (χ3n) is 9.15. The van der Waals surface area contributed by atoms with Crippen LogP contribution in [0.3, 0.4) is 0 Å². The number of fused-ring (bicyclic) bond motifs is 1. The van der Waals surface area contributed by atoms with Gasteiger partial charge in [0.2, 0.25) is 5.91 Å². The lowest BCUT2D eigenvalue weighted by Gasteiger charge is -2.40. The smallest absolute Gasteiger partial charge is 0.355 e. The number of alkyl halides is 3. The van der Waals surface area contributed by atoms with Gasteiger partial charge >= 0.3 is 6.18 Å². The van der Waals surface area contributed by atoms with E-state index < -0.39 is 11.7 Å². The molecule has 1 aliphatic heterocycles. The summed E-state index contributed by atoms with van der Waals surface area (Å²) in [6, 6.07) is 23.9. The average Bonchev–Trinajstić information content (AvgIpc) is 3.58. The number of rotatable bonds is 8. The third-order valence-corrected chi connectivity index (χ3v) is 9.15. The van der Waals surface area contributed by atoms with Crippen molar-refractivity contribution < 1.29 is 18.0 Å². The number of pyridine rings is 1. The lowest BCUT2D eigenvalue weighted by atomic mass is 9.99. The number of hydrogen-bond donors (Lipinski definition) is 1. The van der Waals surface area contributed by atoms with Crippen molar-refractivity contribution in [2.24, 2.45) is 0 Å². The van der Waals surface area contributed by atoms with Crippen molar-refractivity contribution in [1.29, 1.82) is 0 Å². The van der Waals surface area contributed by atoms with Crippen LogP contribution in [0, 0.1) is 6.92 Å². The second-order valence-corrected chi connectivity index (χ2v) is 12.3. The van der Waals surface area contributed by atoms with Crippen molar-refractivity contribution in [1.82, 2.24) is 14.8 Å². The summed E-state index contributed by atoms with van der Waals surface area (Å²) in [4.78, 5) is 22.8. The van der Waals surface area contributed by atoms with Gasteiger partial charge < -0.3 is 15.1 Å². The number of para-hydroxylation sites is 1. The highest BCUT2D eigenvalue weighted by molar-refractivity contribution is 5.93. The van der Waals surface area contributed by atoms with E-state index in [1.54, 1.807) is 6.08 Å². The number of nitrogens with zero attached hydrogens (tertiary/aromatic N) is 3. The van der Waals surface area contributed by atoms with E-state index in [0.717, 1.165) is 71.6 Å². The van der Waals surface area contributed by atoms with Crippen LogP contribution in [0.2, 0.25) is 0 Å². The summed E-state index contributed by atoms with van der Waals surface area (Å²) < 4.78 is 39.0. The maximum atomic E-state index is 13.7. The van der Waals surface area contributed by atoms with Gasteiger partial charge in [0.25, 0.3) is 0 Å². The Morgan fingerprint density at radius 1 is 0.956 bits per heavy atom. The zero-order valence-electron chi connectivity index (χ0n) is 25.6. The minimum Gasteiger partial charge on any atom is -0.355 e. The van der Waals surface area contributed by atoms with Crippen molar-refractivity contribution in [3.05, 3.63) is 107 Å². The minimum atomic E-state index is -4.39. The summed E-state index contributed by atoms with van der Waals surface area (Å²) in [5.41, 5.74) is 4.68. The molecule has 1 saturated heterocycles. The highest BCUT2D eigenvalue weighted by atomic mass is 19.4. The van der Waals surface area contributed by atoms with Crippen LogP contribution in [0.15, 0.2) is 84.9 Å². The molecule has 1 aromatic heterocycles. The van der Waals surface area contributed by atoms with E-state index in [0.29, 0.717) is 18.2 Å². The number of benzene rings is 3. The molecule has 0 spiro atoms. The fraction of sp³-hybridized carbons (Fsp3) is 0.351. The third kappa shape index (κ3) is 7.56. The molecule has 0 unspecified atom stereocenters. The van der Waals surface area contributed by atoms with Gasteiger partial charge in [-0.15, -0.1) is 0 Å². The Bertz CT molecular complexity index is 1640. The zero-order chi connectivity index (χ0) is 31.4. The largest absolute Gasteiger partial charge is 0.416 e. The van der Waals surface area contributed by atoms with E-state index in [2.05, 4.69) is 21.3 Å². The van der Waals surface area contributed by atoms with E-state index in [1.807, 2.05) is 60.4 Å². The maximum absolute atomic E-state index is 13.7. The molecule has 1 aliphatic carbocycles. The van der Waals surface area contributed by atoms with Gasteiger partial charge in [0.15, 0.2) is 0 Å². The zero-order valence-corrected chi connectivity index (χ0v) is 25.6. The van der Waals surface area contributed by atoms with Crippen molar-refractivity contribution in [3.8, 4) is 0 Å². The molecule has 6 rings (SSSR count). The van der Waals surface area contributed by atoms with Gasteiger partial charge in [0, 0.05) is 60.2 Å². The van der Waals surface area contributed by atoms with Gasteiger partial charge in [-0.1, -0.05) is 55.3 Å². The normalized spacial score (nSPS) is 16.9. The highest BCUT2D eigenvalue weighted by Crippen LogP contribution is 2.31. The van der Waals surface area contributed by atoms with Crippen LogP contribution in [0.4, 0.5) is 24.5 Å². The summed E-state index contributed by atoms with van der Waals surface area (Å²) in [6.07, 6.45) is 5.65. The molecule has 0 atom stereocenters. The summed E-state index contributed by atoms with van der Waals surface area (Å²) in [5, 5.41) is 4.58. The predicted octanol–water partition coefficient (Wildman–Crippen LogP) is 8.75. The second-order valence-electron chi connectivity index (χ2n) is 12.3. The number of aryl methyl sites for hydroxylation is 1. The first-order chi connectivity index (χ1) is 21.7. The number of carbonyl (C=O) groups is 1. The molecule has 2 fully saturated rings. The molecule has 1 N–H and O–H groups in total. The fourth-order valence-corrected chi connectivity index (χ4v) is 6.72. The topological polar surface area (TPSA) is 48.5 Å². The van der Waals surface area contributed by atoms with Gasteiger partial charge in [0.05, 0.1) is 11.1 Å². The molecule has 2 aliphatic rings. The molecule has 234 valence electrons. The summed E-state index contributed by atoms with van der Waals surface area (Å²) >= 11 is 0. The van der Waals surface area contributed by atoms with E-state index in [4.69, 9.17) is 0 Å². The molecule has 8 heteroatoms. The first-order valence-corrected chi connectivity index (χ1v) is 15.9. The van der Waals surface area contributed by atoms with Crippen molar-refractivity contribution in [2.45, 2.75) is 70.3 Å². The van der Waals surface area contributed by atoms with Gasteiger partial charge in [-0.25, -0.2) is 0 Å². The van der Waals surface area contributed by atoms with Crippen LogP contribution in [-0.2, 0) is 17.5 Å². The predicted molar refractivity (Wildman–Crippen MR) is 174 cm³/mol. The highest BCUT2D eigenvalue weighted by Gasteiger charge is 2.32. The average molecular weight is 613 g/mol. The first kappa shape index (κ1) is 30.8. The van der Waals surface area contributed by atoms with Gasteiger partial charge in [-0.05, 0) is 86.2 Å². The Balaban J connectivity index is 1.18. The van der Waals surface area contributed by atoms with Crippen LogP contribution in [0.25, 0.3) is 17.0 Å². The molecular weight excluding hydrogens is 573 g/mol. The van der Waals surface area contributed by atoms with E-state index in [9.17, 15) is 18.0 Å².